The maximum atomic E-state index is 4.00. The van der Waals surface area contributed by atoms with Crippen molar-refractivity contribution in [1.82, 2.24) is 4.98 Å². The van der Waals surface area contributed by atoms with E-state index < -0.39 is 0 Å². The Morgan fingerprint density at radius 3 is 3.00 bits per heavy atom. The van der Waals surface area contributed by atoms with Crippen LogP contribution in [0.2, 0.25) is 0 Å². The molecule has 1 nitrogen and oxygen atoms in total. The first-order valence-corrected chi connectivity index (χ1v) is 4.08. The van der Waals surface area contributed by atoms with Crippen molar-refractivity contribution in [2.75, 3.05) is 0 Å². The van der Waals surface area contributed by atoms with Gasteiger partial charge in [-0.15, -0.1) is 0 Å². The molecule has 2 heteroatoms. The van der Waals surface area contributed by atoms with Crippen LogP contribution in [0.3, 0.4) is 0 Å². The van der Waals surface area contributed by atoms with E-state index in [1.54, 1.807) is 0 Å². The maximum absolute atomic E-state index is 4.00. The molecule has 1 aromatic heterocycles. The summed E-state index contributed by atoms with van der Waals surface area (Å²) in [6.45, 7) is 0. The first-order valence-electron chi connectivity index (χ1n) is 3.29. The average molecular weight is 207 g/mol. The number of rotatable bonds is 0. The van der Waals surface area contributed by atoms with Crippen molar-refractivity contribution >= 4 is 26.7 Å². The van der Waals surface area contributed by atoms with Gasteiger partial charge in [0.1, 0.15) is 4.60 Å². The van der Waals surface area contributed by atoms with Gasteiger partial charge in [-0.1, -0.05) is 24.3 Å². The third-order valence-electron chi connectivity index (χ3n) is 1.52. The molecule has 1 heterocycles. The van der Waals surface area contributed by atoms with Crippen molar-refractivity contribution in [3.63, 3.8) is 0 Å². The van der Waals surface area contributed by atoms with Gasteiger partial charge in [-0.25, -0.2) is 4.98 Å². The molecule has 1 aromatic carbocycles. The molecular formula is C9H5BrN. The van der Waals surface area contributed by atoms with E-state index in [0.29, 0.717) is 0 Å². The number of benzene rings is 1. The zero-order valence-electron chi connectivity index (χ0n) is 5.71. The van der Waals surface area contributed by atoms with Crippen LogP contribution in [-0.2, 0) is 0 Å². The van der Waals surface area contributed by atoms with Crippen LogP contribution in [-0.4, -0.2) is 4.98 Å². The number of aromatic nitrogens is 1. The van der Waals surface area contributed by atoms with Crippen LogP contribution in [0.25, 0.3) is 10.8 Å². The molecule has 0 saturated heterocycles. The van der Waals surface area contributed by atoms with Crippen molar-refractivity contribution in [2.45, 2.75) is 0 Å². The fraction of sp³-hybridized carbons (Fsp3) is 0. The molecule has 0 unspecified atom stereocenters. The smallest absolute Gasteiger partial charge is 0.107 e. The van der Waals surface area contributed by atoms with Crippen molar-refractivity contribution in [3.05, 3.63) is 41.1 Å². The van der Waals surface area contributed by atoms with Gasteiger partial charge in [-0.3, -0.25) is 0 Å². The third-order valence-corrected chi connectivity index (χ3v) is 1.92. The van der Waals surface area contributed by atoms with Crippen molar-refractivity contribution in [3.8, 4) is 0 Å². The highest BCUT2D eigenvalue weighted by Gasteiger charge is 1.92. The third kappa shape index (κ3) is 1.26. The summed E-state index contributed by atoms with van der Waals surface area (Å²) in [6.07, 6.45) is 2.92. The lowest BCUT2D eigenvalue weighted by Gasteiger charge is -1.94. The Hall–Kier alpha value is -0.890. The first-order chi connectivity index (χ1) is 5.36. The Labute approximate surface area is 73.2 Å². The molecule has 0 fully saturated rings. The summed E-state index contributed by atoms with van der Waals surface area (Å²) >= 11 is 3.29. The molecule has 0 amide bonds. The van der Waals surface area contributed by atoms with E-state index in [0.717, 1.165) is 15.4 Å². The predicted molar refractivity (Wildman–Crippen MR) is 48.3 cm³/mol. The molecule has 0 aliphatic carbocycles. The van der Waals surface area contributed by atoms with E-state index in [2.05, 4.69) is 27.1 Å². The van der Waals surface area contributed by atoms with Gasteiger partial charge >= 0.3 is 0 Å². The number of hydrogen-bond acceptors (Lipinski definition) is 1. The van der Waals surface area contributed by atoms with E-state index in [9.17, 15) is 0 Å². The molecule has 0 atom stereocenters. The van der Waals surface area contributed by atoms with Crippen LogP contribution in [0.1, 0.15) is 0 Å². The van der Waals surface area contributed by atoms with Gasteiger partial charge in [-0.2, -0.15) is 0 Å². The molecule has 0 spiro atoms. The Bertz CT molecular complexity index is 384. The second-order valence-electron chi connectivity index (χ2n) is 2.28. The first kappa shape index (κ1) is 6.80. The number of pyridine rings is 1. The standard InChI is InChI=1S/C9H5BrN/c10-9-5-7-3-1-2-4-8(7)6-11-9/h1-5H. The summed E-state index contributed by atoms with van der Waals surface area (Å²) in [5, 5.41) is 2.21. The van der Waals surface area contributed by atoms with Gasteiger partial charge in [-0.05, 0) is 27.4 Å². The number of fused-ring (bicyclic) bond motifs is 1. The number of nitrogens with zero attached hydrogens (tertiary/aromatic N) is 1. The minimum atomic E-state index is 0.830. The fourth-order valence-corrected chi connectivity index (χ4v) is 1.33. The lowest BCUT2D eigenvalue weighted by atomic mass is 10.2. The van der Waals surface area contributed by atoms with Crippen molar-refractivity contribution in [2.24, 2.45) is 0 Å². The molecule has 1 radical (unpaired) electrons. The van der Waals surface area contributed by atoms with E-state index in [1.165, 1.54) is 0 Å². The largest absolute Gasteiger partial charge is 0.239 e. The monoisotopic (exact) mass is 206 g/mol. The number of hydrogen-bond donors (Lipinski definition) is 0. The molecule has 0 N–H and O–H groups in total. The van der Waals surface area contributed by atoms with Gasteiger partial charge in [0.15, 0.2) is 0 Å². The highest BCUT2D eigenvalue weighted by Crippen LogP contribution is 2.15. The van der Waals surface area contributed by atoms with Crippen LogP contribution < -0.4 is 0 Å². The molecule has 2 rings (SSSR count). The van der Waals surface area contributed by atoms with Gasteiger partial charge in [0, 0.05) is 5.39 Å². The van der Waals surface area contributed by atoms with Crippen molar-refractivity contribution in [1.29, 1.82) is 0 Å². The summed E-state index contributed by atoms with van der Waals surface area (Å²) in [5.41, 5.74) is 0. The Morgan fingerprint density at radius 1 is 1.27 bits per heavy atom. The topological polar surface area (TPSA) is 12.9 Å². The highest BCUT2D eigenvalue weighted by molar-refractivity contribution is 9.10. The van der Waals surface area contributed by atoms with E-state index >= 15 is 0 Å². The quantitative estimate of drug-likeness (QED) is 0.605. The molecular weight excluding hydrogens is 202 g/mol. The van der Waals surface area contributed by atoms with E-state index in [-0.39, 0.29) is 0 Å². The summed E-state index contributed by atoms with van der Waals surface area (Å²) in [7, 11) is 0. The van der Waals surface area contributed by atoms with Gasteiger partial charge in [0.05, 0.1) is 6.20 Å². The van der Waals surface area contributed by atoms with Crippen LogP contribution >= 0.6 is 15.9 Å². The summed E-state index contributed by atoms with van der Waals surface area (Å²) in [5.74, 6) is 0. The zero-order chi connectivity index (χ0) is 7.68. The lowest BCUT2D eigenvalue weighted by Crippen LogP contribution is -1.76. The van der Waals surface area contributed by atoms with Crippen LogP contribution in [0.4, 0.5) is 0 Å². The van der Waals surface area contributed by atoms with Crippen LogP contribution in [0.15, 0.2) is 34.9 Å². The van der Waals surface area contributed by atoms with Gasteiger partial charge < -0.3 is 0 Å². The van der Waals surface area contributed by atoms with Gasteiger partial charge in [0.2, 0.25) is 0 Å². The molecule has 11 heavy (non-hydrogen) atoms. The normalized spacial score (nSPS) is 10.3. The second-order valence-corrected chi connectivity index (χ2v) is 3.09. The number of halogens is 1. The molecule has 53 valence electrons. The maximum Gasteiger partial charge on any atom is 0.107 e. The Morgan fingerprint density at radius 2 is 2.09 bits per heavy atom. The SMILES string of the molecule is Brc1cc2ccccc2[c]n1. The minimum absolute atomic E-state index is 0.830. The minimum Gasteiger partial charge on any atom is -0.239 e. The van der Waals surface area contributed by atoms with Gasteiger partial charge in [0.25, 0.3) is 0 Å². The molecule has 0 aliphatic rings. The summed E-state index contributed by atoms with van der Waals surface area (Å²) in [4.78, 5) is 4.00. The molecule has 2 aromatic rings. The van der Waals surface area contributed by atoms with Crippen molar-refractivity contribution < 1.29 is 0 Å². The summed E-state index contributed by atoms with van der Waals surface area (Å²) in [6, 6.07) is 10.00. The van der Waals surface area contributed by atoms with E-state index in [4.69, 9.17) is 0 Å². The molecule has 0 aliphatic heterocycles. The molecule has 0 bridgehead atoms. The molecule has 0 saturated carbocycles. The summed E-state index contributed by atoms with van der Waals surface area (Å²) < 4.78 is 0.830. The fourth-order valence-electron chi connectivity index (χ4n) is 0.999. The second kappa shape index (κ2) is 2.62. The Kier molecular flexibility index (Phi) is 1.62. The van der Waals surface area contributed by atoms with E-state index in [1.807, 2.05) is 30.3 Å². The highest BCUT2D eigenvalue weighted by atomic mass is 79.9. The average Bonchev–Trinajstić information content (AvgIpc) is 2.04. The Balaban J connectivity index is 2.83. The predicted octanol–water partition coefficient (Wildman–Crippen LogP) is 2.80. The zero-order valence-corrected chi connectivity index (χ0v) is 7.30. The lowest BCUT2D eigenvalue weighted by molar-refractivity contribution is 1.29. The van der Waals surface area contributed by atoms with Crippen LogP contribution in [0, 0.1) is 6.20 Å². The van der Waals surface area contributed by atoms with Crippen LogP contribution in [0.5, 0.6) is 0 Å².